The molecular formula is C22H25N3O2. The molecule has 0 saturated heterocycles. The van der Waals surface area contributed by atoms with Gasteiger partial charge in [0.2, 0.25) is 0 Å². The van der Waals surface area contributed by atoms with Crippen LogP contribution < -0.4 is 14.5 Å². The zero-order valence-electron chi connectivity index (χ0n) is 16.1. The van der Waals surface area contributed by atoms with Gasteiger partial charge in [0.1, 0.15) is 11.6 Å². The van der Waals surface area contributed by atoms with Gasteiger partial charge < -0.3 is 14.5 Å². The Labute approximate surface area is 160 Å². The predicted molar refractivity (Wildman–Crippen MR) is 111 cm³/mol. The van der Waals surface area contributed by atoms with Crippen molar-refractivity contribution in [1.82, 2.24) is 0 Å². The third-order valence-electron chi connectivity index (χ3n) is 4.44. The summed E-state index contributed by atoms with van der Waals surface area (Å²) in [6.07, 6.45) is 4.22. The molecule has 140 valence electrons. The molecule has 0 N–H and O–H groups in total. The number of nitrogens with zero attached hydrogens (tertiary/aromatic N) is 3. The quantitative estimate of drug-likeness (QED) is 0.415. The highest BCUT2D eigenvalue weighted by molar-refractivity contribution is 5.88. The van der Waals surface area contributed by atoms with E-state index in [4.69, 9.17) is 4.74 Å². The van der Waals surface area contributed by atoms with Crippen molar-refractivity contribution < 1.29 is 9.53 Å². The molecule has 0 bridgehead atoms. The lowest BCUT2D eigenvalue weighted by Gasteiger charge is -2.22. The number of hydrogen-bond acceptors (Lipinski definition) is 5. The molecule has 1 heterocycles. The number of aliphatic imine (C=N–C) groups is 1. The number of para-hydroxylation sites is 1. The number of benzene rings is 2. The standard InChI is InChI=1S/C22H25N3O2/c1-4-22(26)27-18-12-13-19-20(16-18)25(6-3)21(24(19)5-2)14-15-23-17-10-8-7-9-11-17/h7-16H,4-6H2,1-3H3/b21-14+,23-15?. The molecule has 1 aliphatic rings. The van der Waals surface area contributed by atoms with Crippen LogP contribution in [0.2, 0.25) is 0 Å². The highest BCUT2D eigenvalue weighted by Gasteiger charge is 2.29. The van der Waals surface area contributed by atoms with Crippen LogP contribution in [0.15, 0.2) is 65.4 Å². The maximum Gasteiger partial charge on any atom is 0.310 e. The molecule has 0 spiro atoms. The van der Waals surface area contributed by atoms with Crippen LogP contribution in [0.3, 0.4) is 0 Å². The maximum atomic E-state index is 11.6. The summed E-state index contributed by atoms with van der Waals surface area (Å²) in [4.78, 5) is 20.6. The largest absolute Gasteiger partial charge is 0.426 e. The zero-order chi connectivity index (χ0) is 19.2. The number of anilines is 2. The molecule has 3 rings (SSSR count). The highest BCUT2D eigenvalue weighted by atomic mass is 16.5. The molecule has 0 amide bonds. The number of hydrogen-bond donors (Lipinski definition) is 0. The summed E-state index contributed by atoms with van der Waals surface area (Å²) in [5.74, 6) is 1.41. The second-order valence-electron chi connectivity index (χ2n) is 6.11. The number of fused-ring (bicyclic) bond motifs is 1. The lowest BCUT2D eigenvalue weighted by Crippen LogP contribution is -2.28. The first-order chi connectivity index (χ1) is 13.2. The van der Waals surface area contributed by atoms with Crippen LogP contribution in [0.25, 0.3) is 0 Å². The van der Waals surface area contributed by atoms with E-state index in [-0.39, 0.29) is 5.97 Å². The van der Waals surface area contributed by atoms with Crippen molar-refractivity contribution in [2.45, 2.75) is 27.2 Å². The summed E-state index contributed by atoms with van der Waals surface area (Å²) in [6.45, 7) is 7.66. The van der Waals surface area contributed by atoms with Gasteiger partial charge in [-0.2, -0.15) is 0 Å². The van der Waals surface area contributed by atoms with E-state index in [1.165, 1.54) is 0 Å². The fourth-order valence-electron chi connectivity index (χ4n) is 3.16. The van der Waals surface area contributed by atoms with Crippen LogP contribution in [0, 0.1) is 0 Å². The van der Waals surface area contributed by atoms with Gasteiger partial charge in [0.15, 0.2) is 0 Å². The van der Waals surface area contributed by atoms with Crippen LogP contribution in [-0.4, -0.2) is 25.3 Å². The second kappa shape index (κ2) is 8.54. The van der Waals surface area contributed by atoms with E-state index in [1.807, 2.05) is 60.8 Å². The van der Waals surface area contributed by atoms with Gasteiger partial charge in [0.25, 0.3) is 0 Å². The van der Waals surface area contributed by atoms with Gasteiger partial charge in [-0.15, -0.1) is 0 Å². The summed E-state index contributed by atoms with van der Waals surface area (Å²) in [6, 6.07) is 15.7. The third kappa shape index (κ3) is 4.03. The Balaban J connectivity index is 1.91. The maximum absolute atomic E-state index is 11.6. The number of carbonyl (C=O) groups is 1. The van der Waals surface area contributed by atoms with E-state index in [2.05, 4.69) is 28.6 Å². The van der Waals surface area contributed by atoms with Gasteiger partial charge >= 0.3 is 5.97 Å². The van der Waals surface area contributed by atoms with E-state index in [9.17, 15) is 4.79 Å². The molecule has 0 unspecified atom stereocenters. The van der Waals surface area contributed by atoms with Crippen molar-refractivity contribution in [3.8, 4) is 5.75 Å². The second-order valence-corrected chi connectivity index (χ2v) is 6.11. The zero-order valence-corrected chi connectivity index (χ0v) is 16.1. The minimum Gasteiger partial charge on any atom is -0.426 e. The highest BCUT2D eigenvalue weighted by Crippen LogP contribution is 2.43. The SMILES string of the molecule is CCC(=O)Oc1ccc2c(c1)N(CC)/C(=C/C=Nc1ccccc1)N2CC. The molecule has 0 atom stereocenters. The average Bonchev–Trinajstić information content (AvgIpc) is 3.00. The van der Waals surface area contributed by atoms with Gasteiger partial charge in [-0.05, 0) is 44.2 Å². The summed E-state index contributed by atoms with van der Waals surface area (Å²) >= 11 is 0. The first-order valence-electron chi connectivity index (χ1n) is 9.37. The summed E-state index contributed by atoms with van der Waals surface area (Å²) < 4.78 is 5.39. The molecule has 0 aliphatic carbocycles. The smallest absolute Gasteiger partial charge is 0.310 e. The Hall–Kier alpha value is -3.08. The first-order valence-corrected chi connectivity index (χ1v) is 9.37. The van der Waals surface area contributed by atoms with Crippen molar-refractivity contribution in [2.75, 3.05) is 22.9 Å². The van der Waals surface area contributed by atoms with E-state index >= 15 is 0 Å². The van der Waals surface area contributed by atoms with Crippen LogP contribution in [-0.2, 0) is 4.79 Å². The van der Waals surface area contributed by atoms with Crippen LogP contribution in [0.4, 0.5) is 17.1 Å². The topological polar surface area (TPSA) is 45.1 Å². The molecule has 0 fully saturated rings. The molecule has 5 nitrogen and oxygen atoms in total. The Morgan fingerprint density at radius 3 is 2.37 bits per heavy atom. The van der Waals surface area contributed by atoms with Crippen molar-refractivity contribution in [3.63, 3.8) is 0 Å². The van der Waals surface area contributed by atoms with Crippen molar-refractivity contribution >= 4 is 29.2 Å². The summed E-state index contributed by atoms with van der Waals surface area (Å²) in [5, 5.41) is 0. The van der Waals surface area contributed by atoms with Crippen LogP contribution >= 0.6 is 0 Å². The van der Waals surface area contributed by atoms with E-state index in [0.29, 0.717) is 12.2 Å². The Kier molecular flexibility index (Phi) is 5.91. The van der Waals surface area contributed by atoms with E-state index in [1.54, 1.807) is 6.92 Å². The molecule has 1 aliphatic heterocycles. The van der Waals surface area contributed by atoms with Gasteiger partial charge in [-0.1, -0.05) is 25.1 Å². The van der Waals surface area contributed by atoms with Gasteiger partial charge in [-0.3, -0.25) is 9.79 Å². The number of rotatable bonds is 6. The third-order valence-corrected chi connectivity index (χ3v) is 4.44. The normalized spacial score (nSPS) is 14.9. The number of ether oxygens (including phenoxy) is 1. The monoisotopic (exact) mass is 363 g/mol. The van der Waals surface area contributed by atoms with Crippen molar-refractivity contribution in [2.24, 2.45) is 4.99 Å². The van der Waals surface area contributed by atoms with Crippen molar-refractivity contribution in [3.05, 3.63) is 60.4 Å². The fourth-order valence-corrected chi connectivity index (χ4v) is 3.16. The molecule has 27 heavy (non-hydrogen) atoms. The number of esters is 1. The van der Waals surface area contributed by atoms with Crippen LogP contribution in [0.1, 0.15) is 27.2 Å². The minimum atomic E-state index is -0.228. The lowest BCUT2D eigenvalue weighted by atomic mass is 10.2. The molecule has 5 heteroatoms. The molecular weight excluding hydrogens is 338 g/mol. The van der Waals surface area contributed by atoms with Gasteiger partial charge in [0.05, 0.1) is 17.1 Å². The summed E-state index contributed by atoms with van der Waals surface area (Å²) in [5.41, 5.74) is 3.07. The van der Waals surface area contributed by atoms with Crippen molar-refractivity contribution in [1.29, 1.82) is 0 Å². The van der Waals surface area contributed by atoms with Crippen LogP contribution in [0.5, 0.6) is 5.75 Å². The number of carbonyl (C=O) groups excluding carboxylic acids is 1. The molecule has 2 aromatic carbocycles. The molecule has 2 aromatic rings. The Morgan fingerprint density at radius 1 is 1.00 bits per heavy atom. The molecule has 0 aromatic heterocycles. The minimum absolute atomic E-state index is 0.228. The summed E-state index contributed by atoms with van der Waals surface area (Å²) in [7, 11) is 0. The van der Waals surface area contributed by atoms with E-state index in [0.717, 1.165) is 36.0 Å². The predicted octanol–water partition coefficient (Wildman–Crippen LogP) is 4.91. The molecule has 0 saturated carbocycles. The number of allylic oxidation sites excluding steroid dienone is 1. The molecule has 0 radical (unpaired) electrons. The van der Waals surface area contributed by atoms with Gasteiger partial charge in [-0.25, -0.2) is 0 Å². The fraction of sp³-hybridized carbons (Fsp3) is 0.273. The Morgan fingerprint density at radius 2 is 1.70 bits per heavy atom. The van der Waals surface area contributed by atoms with E-state index < -0.39 is 0 Å². The first kappa shape index (κ1) is 18.7. The lowest BCUT2D eigenvalue weighted by molar-refractivity contribution is -0.134. The Bertz CT molecular complexity index is 859. The average molecular weight is 363 g/mol. The van der Waals surface area contributed by atoms with Gasteiger partial charge in [0, 0.05) is 31.8 Å².